The summed E-state index contributed by atoms with van der Waals surface area (Å²) in [5, 5.41) is 3.57. The smallest absolute Gasteiger partial charge is 0.163 e. The van der Waals surface area contributed by atoms with E-state index in [1.54, 1.807) is 0 Å². The summed E-state index contributed by atoms with van der Waals surface area (Å²) in [7, 11) is 0. The van der Waals surface area contributed by atoms with Gasteiger partial charge < -0.3 is 0 Å². The Labute approximate surface area is 256 Å². The van der Waals surface area contributed by atoms with Crippen LogP contribution in [0.3, 0.4) is 0 Å². The second-order valence-corrected chi connectivity index (χ2v) is 11.7. The molecule has 1 aliphatic rings. The number of nitrogens with zero attached hydrogens (tertiary/aromatic N) is 4. The molecule has 0 radical (unpaired) electrons. The van der Waals surface area contributed by atoms with Gasteiger partial charge in [-0.2, -0.15) is 0 Å². The normalized spacial score (nSPS) is 14.2. The van der Waals surface area contributed by atoms with E-state index in [2.05, 4.69) is 133 Å². The van der Waals surface area contributed by atoms with Crippen molar-refractivity contribution in [3.05, 3.63) is 150 Å². The van der Waals surface area contributed by atoms with Gasteiger partial charge in [-0.05, 0) is 57.5 Å². The molecule has 44 heavy (non-hydrogen) atoms. The maximum Gasteiger partial charge on any atom is 0.163 e. The van der Waals surface area contributed by atoms with Crippen LogP contribution in [0.15, 0.2) is 128 Å². The van der Waals surface area contributed by atoms with Gasteiger partial charge in [-0.3, -0.25) is 4.98 Å². The molecule has 4 heteroatoms. The second kappa shape index (κ2) is 11.0. The van der Waals surface area contributed by atoms with Crippen LogP contribution in [0, 0.1) is 5.92 Å². The summed E-state index contributed by atoms with van der Waals surface area (Å²) in [4.78, 5) is 19.7. The Morgan fingerprint density at radius 2 is 1.39 bits per heavy atom. The lowest BCUT2D eigenvalue weighted by atomic mass is 9.89. The third-order valence-corrected chi connectivity index (χ3v) is 8.49. The van der Waals surface area contributed by atoms with Crippen LogP contribution in [-0.4, -0.2) is 19.9 Å². The molecule has 8 rings (SSSR count). The van der Waals surface area contributed by atoms with E-state index in [4.69, 9.17) is 15.0 Å². The topological polar surface area (TPSA) is 51.6 Å². The van der Waals surface area contributed by atoms with E-state index in [1.807, 2.05) is 12.3 Å². The minimum atomic E-state index is 0.554. The molecule has 0 amide bonds. The first-order valence-electron chi connectivity index (χ1n) is 15.1. The van der Waals surface area contributed by atoms with Crippen molar-refractivity contribution in [3.63, 3.8) is 0 Å². The molecule has 210 valence electrons. The highest BCUT2D eigenvalue weighted by molar-refractivity contribution is 5.93. The zero-order chi connectivity index (χ0) is 29.5. The molecular weight excluding hydrogens is 536 g/mol. The molecule has 7 aromatic rings. The fraction of sp³-hybridized carbons (Fsp3) is 0.100. The fourth-order valence-corrected chi connectivity index (χ4v) is 6.18. The van der Waals surface area contributed by atoms with Gasteiger partial charge in [0, 0.05) is 34.7 Å². The maximum absolute atomic E-state index is 5.02. The molecule has 0 N–H and O–H groups in total. The Bertz CT molecular complexity index is 2190. The van der Waals surface area contributed by atoms with E-state index in [0.717, 1.165) is 45.4 Å². The van der Waals surface area contributed by atoms with Crippen LogP contribution in [0.5, 0.6) is 0 Å². The summed E-state index contributed by atoms with van der Waals surface area (Å²) in [6.45, 7) is 2.26. The number of allylic oxidation sites excluding steroid dienone is 1. The van der Waals surface area contributed by atoms with E-state index in [1.165, 1.54) is 27.5 Å². The predicted molar refractivity (Wildman–Crippen MR) is 180 cm³/mol. The van der Waals surface area contributed by atoms with Crippen molar-refractivity contribution >= 4 is 27.8 Å². The van der Waals surface area contributed by atoms with Crippen LogP contribution in [0.25, 0.3) is 61.7 Å². The van der Waals surface area contributed by atoms with E-state index in [0.29, 0.717) is 24.0 Å². The largest absolute Gasteiger partial charge is 0.256 e. The number of pyridine rings is 1. The lowest BCUT2D eigenvalue weighted by Crippen LogP contribution is -2.06. The first-order valence-corrected chi connectivity index (χ1v) is 15.1. The van der Waals surface area contributed by atoms with Crippen LogP contribution in [0.2, 0.25) is 0 Å². The van der Waals surface area contributed by atoms with Gasteiger partial charge in [0.15, 0.2) is 11.6 Å². The van der Waals surface area contributed by atoms with Crippen molar-refractivity contribution in [2.24, 2.45) is 5.92 Å². The molecule has 0 bridgehead atoms. The summed E-state index contributed by atoms with van der Waals surface area (Å²) >= 11 is 0. The molecule has 2 heterocycles. The fourth-order valence-electron chi connectivity index (χ4n) is 6.18. The Morgan fingerprint density at radius 3 is 2.27 bits per heavy atom. The third kappa shape index (κ3) is 5.05. The molecule has 0 fully saturated rings. The first kappa shape index (κ1) is 26.2. The summed E-state index contributed by atoms with van der Waals surface area (Å²) in [5.41, 5.74) is 8.96. The molecule has 4 nitrogen and oxygen atoms in total. The molecule has 1 aliphatic carbocycles. The Kier molecular flexibility index (Phi) is 6.53. The first-order chi connectivity index (χ1) is 21.7. The minimum absolute atomic E-state index is 0.554. The maximum atomic E-state index is 5.02. The van der Waals surface area contributed by atoms with Crippen LogP contribution < -0.4 is 0 Å². The highest BCUT2D eigenvalue weighted by Gasteiger charge is 2.16. The highest BCUT2D eigenvalue weighted by atomic mass is 15.0. The standard InChI is InChI=1S/C40H30N4/c1-26-11-13-34-25-35(20-19-33(34)22-26)40-43-37(24-27-12-14-28-6-2-3-7-32(28)23-27)42-39(44-40)31-17-15-29(16-18-31)36-10-4-8-30-9-5-21-41-38(30)36/h2-21,23,25-26H,22,24H2,1H3. The van der Waals surface area contributed by atoms with E-state index >= 15 is 0 Å². The monoisotopic (exact) mass is 566 g/mol. The number of hydrogen-bond donors (Lipinski definition) is 0. The number of rotatable bonds is 5. The average Bonchev–Trinajstić information content (AvgIpc) is 3.07. The number of hydrogen-bond acceptors (Lipinski definition) is 4. The van der Waals surface area contributed by atoms with Gasteiger partial charge in [-0.25, -0.2) is 15.0 Å². The van der Waals surface area contributed by atoms with Gasteiger partial charge >= 0.3 is 0 Å². The predicted octanol–water partition coefficient (Wildman–Crippen LogP) is 9.37. The Balaban J connectivity index is 1.20. The lowest BCUT2D eigenvalue weighted by Gasteiger charge is -2.16. The van der Waals surface area contributed by atoms with E-state index < -0.39 is 0 Å². The second-order valence-electron chi connectivity index (χ2n) is 11.7. The zero-order valence-electron chi connectivity index (χ0n) is 24.5. The average molecular weight is 567 g/mol. The van der Waals surface area contributed by atoms with Gasteiger partial charge in [0.1, 0.15) is 5.82 Å². The molecule has 1 atom stereocenters. The lowest BCUT2D eigenvalue weighted by molar-refractivity contribution is 0.717. The summed E-state index contributed by atoms with van der Waals surface area (Å²) < 4.78 is 0. The molecule has 0 saturated carbocycles. The molecule has 5 aromatic carbocycles. The summed E-state index contributed by atoms with van der Waals surface area (Å²) in [5.74, 6) is 2.68. The van der Waals surface area contributed by atoms with Crippen molar-refractivity contribution in [2.75, 3.05) is 0 Å². The SMILES string of the molecule is CC1C=Cc2cc(-c3nc(Cc4ccc5ccccc5c4)nc(-c4ccc(-c5cccc6cccnc56)cc4)n3)ccc2C1. The Morgan fingerprint density at radius 1 is 0.636 bits per heavy atom. The molecule has 1 unspecified atom stereocenters. The number of benzene rings is 5. The van der Waals surface area contributed by atoms with Gasteiger partial charge in [-0.15, -0.1) is 0 Å². The van der Waals surface area contributed by atoms with Gasteiger partial charge in [0.25, 0.3) is 0 Å². The van der Waals surface area contributed by atoms with Crippen molar-refractivity contribution in [1.82, 2.24) is 19.9 Å². The Hall–Kier alpha value is -5.48. The van der Waals surface area contributed by atoms with E-state index in [-0.39, 0.29) is 0 Å². The minimum Gasteiger partial charge on any atom is -0.256 e. The highest BCUT2D eigenvalue weighted by Crippen LogP contribution is 2.31. The number of para-hydroxylation sites is 1. The van der Waals surface area contributed by atoms with Crippen molar-refractivity contribution in [2.45, 2.75) is 19.8 Å². The van der Waals surface area contributed by atoms with Crippen molar-refractivity contribution in [1.29, 1.82) is 0 Å². The molecule has 0 saturated heterocycles. The van der Waals surface area contributed by atoms with E-state index in [9.17, 15) is 0 Å². The van der Waals surface area contributed by atoms with Crippen LogP contribution in [-0.2, 0) is 12.8 Å². The van der Waals surface area contributed by atoms with Crippen molar-refractivity contribution in [3.8, 4) is 33.9 Å². The molecule has 2 aromatic heterocycles. The quantitative estimate of drug-likeness (QED) is 0.208. The van der Waals surface area contributed by atoms with Gasteiger partial charge in [0.05, 0.1) is 5.52 Å². The molecule has 0 aliphatic heterocycles. The number of aromatic nitrogens is 4. The molecular formula is C40H30N4. The van der Waals surface area contributed by atoms with Crippen LogP contribution >= 0.6 is 0 Å². The van der Waals surface area contributed by atoms with Crippen molar-refractivity contribution < 1.29 is 0 Å². The zero-order valence-corrected chi connectivity index (χ0v) is 24.5. The third-order valence-electron chi connectivity index (χ3n) is 8.49. The summed E-state index contributed by atoms with van der Waals surface area (Å²) in [6, 6.07) is 40.5. The van der Waals surface area contributed by atoms with Gasteiger partial charge in [-0.1, -0.05) is 122 Å². The number of fused-ring (bicyclic) bond motifs is 3. The van der Waals surface area contributed by atoms with Gasteiger partial charge in [0.2, 0.25) is 0 Å². The van der Waals surface area contributed by atoms with Crippen LogP contribution in [0.4, 0.5) is 0 Å². The van der Waals surface area contributed by atoms with Crippen LogP contribution in [0.1, 0.15) is 29.4 Å². The summed E-state index contributed by atoms with van der Waals surface area (Å²) in [6.07, 6.45) is 8.03. The molecule has 0 spiro atoms.